The van der Waals surface area contributed by atoms with Crippen LogP contribution in [0.15, 0.2) is 30.6 Å². The van der Waals surface area contributed by atoms with Gasteiger partial charge in [0.25, 0.3) is 0 Å². The zero-order valence-corrected chi connectivity index (χ0v) is 19.1. The Morgan fingerprint density at radius 1 is 1.09 bits per heavy atom. The molecule has 11 nitrogen and oxygen atoms in total. The van der Waals surface area contributed by atoms with E-state index in [1.54, 1.807) is 32.9 Å². The maximum Gasteiger partial charge on any atom is 0.413 e. The molecule has 0 aliphatic rings. The van der Waals surface area contributed by atoms with Crippen molar-refractivity contribution in [3.8, 4) is 11.4 Å². The van der Waals surface area contributed by atoms with E-state index in [9.17, 15) is 18.4 Å². The summed E-state index contributed by atoms with van der Waals surface area (Å²) in [6.45, 7) is 6.61. The van der Waals surface area contributed by atoms with Crippen molar-refractivity contribution in [1.82, 2.24) is 25.0 Å². The third kappa shape index (κ3) is 6.21. The standard InChI is InChI=1S/C21H23F2N7O4/c1-11(14-8-12(22)9-25-17(14)23)33-19(31)27-18-16(28-29-30(18)5)15-7-6-13(10-24-15)26-20(32)34-21(2,3)4/h6-11H,1-5H3,(H,26,32)(H,27,31)/t11-/m1/s1. The molecule has 0 saturated carbocycles. The Labute approximate surface area is 193 Å². The number of halogens is 2. The third-order valence-electron chi connectivity index (χ3n) is 4.25. The van der Waals surface area contributed by atoms with E-state index in [0.29, 0.717) is 11.4 Å². The quantitative estimate of drug-likeness (QED) is 0.525. The summed E-state index contributed by atoms with van der Waals surface area (Å²) in [5.74, 6) is -1.56. The van der Waals surface area contributed by atoms with Crippen molar-refractivity contribution in [2.75, 3.05) is 10.6 Å². The molecule has 34 heavy (non-hydrogen) atoms. The molecule has 180 valence electrons. The normalized spacial score (nSPS) is 12.1. The number of aryl methyl sites for hydroxylation is 1. The van der Waals surface area contributed by atoms with Gasteiger partial charge in [-0.3, -0.25) is 15.6 Å². The lowest BCUT2D eigenvalue weighted by Gasteiger charge is -2.19. The molecule has 3 aromatic rings. The first-order valence-corrected chi connectivity index (χ1v) is 10.1. The number of carbonyl (C=O) groups excluding carboxylic acids is 2. The number of rotatable bonds is 5. The topological polar surface area (TPSA) is 133 Å². The Kier molecular flexibility index (Phi) is 7.03. The zero-order valence-electron chi connectivity index (χ0n) is 19.1. The number of hydrogen-bond donors (Lipinski definition) is 2. The number of nitrogens with one attached hydrogen (secondary N) is 2. The molecule has 0 fully saturated rings. The van der Waals surface area contributed by atoms with Gasteiger partial charge in [0.15, 0.2) is 11.5 Å². The van der Waals surface area contributed by atoms with Gasteiger partial charge in [-0.1, -0.05) is 5.21 Å². The lowest BCUT2D eigenvalue weighted by molar-refractivity contribution is 0.0635. The number of ether oxygens (including phenoxy) is 2. The molecule has 0 bridgehead atoms. The molecule has 0 aromatic carbocycles. The first-order valence-electron chi connectivity index (χ1n) is 10.1. The van der Waals surface area contributed by atoms with Gasteiger partial charge in [0.05, 0.1) is 29.3 Å². The summed E-state index contributed by atoms with van der Waals surface area (Å²) < 4.78 is 38.8. The van der Waals surface area contributed by atoms with Crippen molar-refractivity contribution in [1.29, 1.82) is 0 Å². The Balaban J connectivity index is 1.70. The van der Waals surface area contributed by atoms with E-state index in [2.05, 4.69) is 30.9 Å². The molecular weight excluding hydrogens is 452 g/mol. The number of nitrogens with zero attached hydrogens (tertiary/aromatic N) is 5. The van der Waals surface area contributed by atoms with Crippen molar-refractivity contribution in [2.24, 2.45) is 7.05 Å². The molecule has 0 unspecified atom stereocenters. The van der Waals surface area contributed by atoms with E-state index < -0.39 is 35.7 Å². The van der Waals surface area contributed by atoms with Crippen molar-refractivity contribution >= 4 is 23.7 Å². The highest BCUT2D eigenvalue weighted by Gasteiger charge is 2.22. The summed E-state index contributed by atoms with van der Waals surface area (Å²) in [5, 5.41) is 12.9. The Morgan fingerprint density at radius 2 is 1.82 bits per heavy atom. The maximum atomic E-state index is 13.8. The molecule has 0 saturated heterocycles. The number of carbonyl (C=O) groups is 2. The van der Waals surface area contributed by atoms with Crippen molar-refractivity contribution < 1.29 is 27.8 Å². The Morgan fingerprint density at radius 3 is 2.47 bits per heavy atom. The lowest BCUT2D eigenvalue weighted by atomic mass is 10.2. The molecule has 3 aromatic heterocycles. The lowest BCUT2D eigenvalue weighted by Crippen LogP contribution is -2.27. The van der Waals surface area contributed by atoms with E-state index in [4.69, 9.17) is 9.47 Å². The first-order chi connectivity index (χ1) is 15.9. The first kappa shape index (κ1) is 24.5. The van der Waals surface area contributed by atoms with Gasteiger partial charge < -0.3 is 9.47 Å². The number of pyridine rings is 2. The predicted octanol–water partition coefficient (Wildman–Crippen LogP) is 4.21. The van der Waals surface area contributed by atoms with Crippen LogP contribution in [0.4, 0.5) is 29.9 Å². The van der Waals surface area contributed by atoms with E-state index in [-0.39, 0.29) is 17.1 Å². The van der Waals surface area contributed by atoms with Gasteiger partial charge in [0, 0.05) is 7.05 Å². The van der Waals surface area contributed by atoms with Crippen LogP contribution in [0.5, 0.6) is 0 Å². The summed E-state index contributed by atoms with van der Waals surface area (Å²) >= 11 is 0. The van der Waals surface area contributed by atoms with Gasteiger partial charge in [0.1, 0.15) is 17.5 Å². The second-order valence-electron chi connectivity index (χ2n) is 8.18. The minimum Gasteiger partial charge on any atom is -0.444 e. The third-order valence-corrected chi connectivity index (χ3v) is 4.25. The van der Waals surface area contributed by atoms with Gasteiger partial charge in [-0.05, 0) is 45.9 Å². The fourth-order valence-corrected chi connectivity index (χ4v) is 2.77. The molecule has 3 rings (SSSR count). The van der Waals surface area contributed by atoms with Crippen LogP contribution >= 0.6 is 0 Å². The minimum absolute atomic E-state index is 0.149. The van der Waals surface area contributed by atoms with Gasteiger partial charge in [0.2, 0.25) is 5.95 Å². The second-order valence-corrected chi connectivity index (χ2v) is 8.18. The van der Waals surface area contributed by atoms with E-state index in [0.717, 1.165) is 12.3 Å². The Bertz CT molecular complexity index is 1190. The van der Waals surface area contributed by atoms with Gasteiger partial charge in [-0.2, -0.15) is 4.39 Å². The number of anilines is 2. The van der Waals surface area contributed by atoms with Crippen LogP contribution in [0, 0.1) is 11.8 Å². The highest BCUT2D eigenvalue weighted by Crippen LogP contribution is 2.26. The summed E-state index contributed by atoms with van der Waals surface area (Å²) in [4.78, 5) is 31.8. The molecule has 1 atom stereocenters. The highest BCUT2D eigenvalue weighted by molar-refractivity contribution is 5.88. The van der Waals surface area contributed by atoms with Gasteiger partial charge >= 0.3 is 12.2 Å². The largest absolute Gasteiger partial charge is 0.444 e. The molecule has 0 radical (unpaired) electrons. The predicted molar refractivity (Wildman–Crippen MR) is 117 cm³/mol. The van der Waals surface area contributed by atoms with Crippen LogP contribution in [0.3, 0.4) is 0 Å². The van der Waals surface area contributed by atoms with Crippen LogP contribution in [0.1, 0.15) is 39.4 Å². The Hall–Kier alpha value is -4.16. The molecular formula is C21H23F2N7O4. The smallest absolute Gasteiger partial charge is 0.413 e. The highest BCUT2D eigenvalue weighted by atomic mass is 19.1. The molecule has 2 N–H and O–H groups in total. The molecule has 0 aliphatic heterocycles. The summed E-state index contributed by atoms with van der Waals surface area (Å²) in [6, 6.07) is 4.03. The summed E-state index contributed by atoms with van der Waals surface area (Å²) in [5.41, 5.74) is 0.0745. The van der Waals surface area contributed by atoms with Crippen LogP contribution in [-0.4, -0.2) is 42.7 Å². The maximum absolute atomic E-state index is 13.8. The van der Waals surface area contributed by atoms with Crippen LogP contribution in [0.25, 0.3) is 11.4 Å². The SMILES string of the molecule is C[C@@H](OC(=O)Nc1c(-c2ccc(NC(=O)OC(C)(C)C)cn2)nnn1C)c1cc(F)cnc1F. The van der Waals surface area contributed by atoms with Crippen LogP contribution in [-0.2, 0) is 16.5 Å². The summed E-state index contributed by atoms with van der Waals surface area (Å²) in [6.07, 6.45) is -0.598. The average molecular weight is 475 g/mol. The van der Waals surface area contributed by atoms with Crippen molar-refractivity contribution in [3.63, 3.8) is 0 Å². The minimum atomic E-state index is -1.12. The molecule has 0 aliphatic carbocycles. The molecule has 0 spiro atoms. The number of hydrogen-bond acceptors (Lipinski definition) is 8. The van der Waals surface area contributed by atoms with Crippen LogP contribution < -0.4 is 10.6 Å². The van der Waals surface area contributed by atoms with Crippen molar-refractivity contribution in [2.45, 2.75) is 39.4 Å². The monoisotopic (exact) mass is 475 g/mol. The summed E-state index contributed by atoms with van der Waals surface area (Å²) in [7, 11) is 1.53. The molecule has 3 heterocycles. The fourth-order valence-electron chi connectivity index (χ4n) is 2.77. The molecule has 13 heteroatoms. The second kappa shape index (κ2) is 9.77. The molecule has 2 amide bonds. The number of amides is 2. The van der Waals surface area contributed by atoms with Gasteiger partial charge in [-0.15, -0.1) is 5.10 Å². The fraction of sp³-hybridized carbons (Fsp3) is 0.333. The van der Waals surface area contributed by atoms with E-state index in [1.807, 2.05) is 0 Å². The average Bonchev–Trinajstić information content (AvgIpc) is 3.09. The van der Waals surface area contributed by atoms with Crippen molar-refractivity contribution in [3.05, 3.63) is 47.9 Å². The van der Waals surface area contributed by atoms with Gasteiger partial charge in [-0.25, -0.2) is 23.6 Å². The van der Waals surface area contributed by atoms with E-state index >= 15 is 0 Å². The van der Waals surface area contributed by atoms with Crippen LogP contribution in [0.2, 0.25) is 0 Å². The van der Waals surface area contributed by atoms with E-state index in [1.165, 1.54) is 24.9 Å². The number of aromatic nitrogens is 5. The zero-order chi connectivity index (χ0) is 25.0.